The molecule has 35 heavy (non-hydrogen) atoms. The zero-order chi connectivity index (χ0) is 25.2. The molecule has 0 saturated carbocycles. The molecule has 9 nitrogen and oxygen atoms in total. The van der Waals surface area contributed by atoms with E-state index in [1.807, 2.05) is 0 Å². The first-order chi connectivity index (χ1) is 16.6. The zero-order valence-corrected chi connectivity index (χ0v) is 19.1. The van der Waals surface area contributed by atoms with Crippen LogP contribution in [0.15, 0.2) is 35.1 Å². The number of nitrogens with zero attached hydrogens (tertiary/aromatic N) is 3. The minimum Gasteiger partial charge on any atom is -0.496 e. The molecule has 2 amide bonds. The van der Waals surface area contributed by atoms with Crippen LogP contribution >= 0.6 is 0 Å². The van der Waals surface area contributed by atoms with E-state index in [-0.39, 0.29) is 41.0 Å². The summed E-state index contributed by atoms with van der Waals surface area (Å²) < 4.78 is 48.0. The molecule has 2 aliphatic rings. The fraction of sp³-hybridized carbons (Fsp3) is 0.435. The number of piperazine rings is 1. The summed E-state index contributed by atoms with van der Waals surface area (Å²) in [7, 11) is 1.39. The van der Waals surface area contributed by atoms with E-state index in [0.29, 0.717) is 51.4 Å². The number of halogens is 3. The van der Waals surface area contributed by atoms with Gasteiger partial charge in [-0.1, -0.05) is 12.1 Å². The van der Waals surface area contributed by atoms with Crippen LogP contribution in [0.3, 0.4) is 0 Å². The third kappa shape index (κ3) is 5.76. The van der Waals surface area contributed by atoms with Crippen molar-refractivity contribution in [3.8, 4) is 11.5 Å². The summed E-state index contributed by atoms with van der Waals surface area (Å²) in [6.45, 7) is 2.42. The highest BCUT2D eigenvalue weighted by atomic mass is 19.4. The van der Waals surface area contributed by atoms with Gasteiger partial charge in [-0.3, -0.25) is 19.3 Å². The monoisotopic (exact) mass is 494 g/mol. The molecule has 0 unspecified atom stereocenters. The van der Waals surface area contributed by atoms with Crippen molar-refractivity contribution in [3.05, 3.63) is 57.5 Å². The van der Waals surface area contributed by atoms with Crippen molar-refractivity contribution in [3.63, 3.8) is 0 Å². The number of methoxy groups -OCH3 is 1. The molecule has 0 radical (unpaired) electrons. The van der Waals surface area contributed by atoms with Gasteiger partial charge in [-0.2, -0.15) is 0 Å². The quantitative estimate of drug-likeness (QED) is 0.676. The number of alkyl halides is 3. The molecule has 1 saturated heterocycles. The molecule has 0 bridgehead atoms. The van der Waals surface area contributed by atoms with Crippen molar-refractivity contribution in [2.24, 2.45) is 0 Å². The molecule has 4 rings (SSSR count). The molecule has 188 valence electrons. The number of hydrogen-bond donors (Lipinski definition) is 1. The summed E-state index contributed by atoms with van der Waals surface area (Å²) in [5, 5.41) is 2.68. The molecule has 1 N–H and O–H groups in total. The second-order valence-electron chi connectivity index (χ2n) is 8.32. The van der Waals surface area contributed by atoms with Crippen LogP contribution in [0.5, 0.6) is 11.5 Å². The standard InChI is InChI=1S/C23H25F3N4O5/c1-34-18-12-20(32)30-11-10-28(13-15-2-4-16(5-3-15)35-23(24,25)26)8-6-17(30)21(18)22(33)29-9-7-27-19(31)14-29/h2-5,12H,6-11,13-14H2,1H3,(H,27,31). The van der Waals surface area contributed by atoms with Crippen LogP contribution in [0, 0.1) is 0 Å². The average Bonchev–Trinajstić information content (AvgIpc) is 3.02. The van der Waals surface area contributed by atoms with Crippen LogP contribution in [-0.2, 0) is 24.3 Å². The van der Waals surface area contributed by atoms with Crippen LogP contribution in [0.25, 0.3) is 0 Å². The number of benzene rings is 1. The summed E-state index contributed by atoms with van der Waals surface area (Å²) in [5.41, 5.74) is 1.31. The molecule has 2 aliphatic heterocycles. The number of aromatic nitrogens is 1. The molecule has 1 aromatic carbocycles. The lowest BCUT2D eigenvalue weighted by atomic mass is 10.1. The highest BCUT2D eigenvalue weighted by Crippen LogP contribution is 2.26. The molecule has 1 fully saturated rings. The SMILES string of the molecule is COc1cc(=O)n2c(c1C(=O)N1CCNC(=O)C1)CCN(Cc1ccc(OC(F)(F)F)cc1)CC2. The smallest absolute Gasteiger partial charge is 0.496 e. The normalized spacial score (nSPS) is 16.8. The fourth-order valence-corrected chi connectivity index (χ4v) is 4.37. The first-order valence-corrected chi connectivity index (χ1v) is 11.1. The minimum atomic E-state index is -4.75. The lowest BCUT2D eigenvalue weighted by Gasteiger charge is -2.28. The summed E-state index contributed by atoms with van der Waals surface area (Å²) in [5.74, 6) is -0.738. The summed E-state index contributed by atoms with van der Waals surface area (Å²) >= 11 is 0. The van der Waals surface area contributed by atoms with Crippen molar-refractivity contribution in [2.45, 2.75) is 25.9 Å². The van der Waals surface area contributed by atoms with Gasteiger partial charge in [0.1, 0.15) is 17.1 Å². The maximum atomic E-state index is 13.4. The number of rotatable bonds is 5. The Hall–Kier alpha value is -3.54. The number of carbonyl (C=O) groups excluding carboxylic acids is 2. The highest BCUT2D eigenvalue weighted by molar-refractivity contribution is 6.00. The van der Waals surface area contributed by atoms with Gasteiger partial charge in [0.15, 0.2) is 0 Å². The Balaban J connectivity index is 1.54. The summed E-state index contributed by atoms with van der Waals surface area (Å²) in [4.78, 5) is 41.5. The second kappa shape index (κ2) is 9.98. The molecule has 0 atom stereocenters. The van der Waals surface area contributed by atoms with Gasteiger partial charge < -0.3 is 24.3 Å². The van der Waals surface area contributed by atoms with Crippen LogP contribution in [0.4, 0.5) is 13.2 Å². The van der Waals surface area contributed by atoms with Crippen molar-refractivity contribution < 1.29 is 32.2 Å². The van der Waals surface area contributed by atoms with E-state index in [4.69, 9.17) is 4.74 Å². The Bertz CT molecular complexity index is 1160. The fourth-order valence-electron chi connectivity index (χ4n) is 4.37. The third-order valence-electron chi connectivity index (χ3n) is 6.01. The van der Waals surface area contributed by atoms with Crippen LogP contribution < -0.4 is 20.3 Å². The molecule has 0 spiro atoms. The Morgan fingerprint density at radius 3 is 2.49 bits per heavy atom. The predicted molar refractivity (Wildman–Crippen MR) is 118 cm³/mol. The van der Waals surface area contributed by atoms with Crippen molar-refractivity contribution in [1.29, 1.82) is 0 Å². The molecule has 12 heteroatoms. The number of carbonyl (C=O) groups is 2. The molecular formula is C23H25F3N4O5. The molecule has 2 aromatic rings. The topological polar surface area (TPSA) is 93.1 Å². The summed E-state index contributed by atoms with van der Waals surface area (Å²) in [6, 6.07) is 6.93. The van der Waals surface area contributed by atoms with Crippen molar-refractivity contribution in [2.75, 3.05) is 39.8 Å². The zero-order valence-electron chi connectivity index (χ0n) is 19.1. The van der Waals surface area contributed by atoms with Crippen LogP contribution in [-0.4, -0.2) is 72.4 Å². The second-order valence-corrected chi connectivity index (χ2v) is 8.32. The number of hydrogen-bond acceptors (Lipinski definition) is 6. The number of pyridine rings is 1. The van der Waals surface area contributed by atoms with E-state index >= 15 is 0 Å². The van der Waals surface area contributed by atoms with Crippen molar-refractivity contribution in [1.82, 2.24) is 19.7 Å². The minimum absolute atomic E-state index is 0.0687. The Morgan fingerprint density at radius 2 is 1.83 bits per heavy atom. The van der Waals surface area contributed by atoms with Gasteiger partial charge >= 0.3 is 6.36 Å². The van der Waals surface area contributed by atoms with Gasteiger partial charge in [0.05, 0.1) is 13.7 Å². The first-order valence-electron chi connectivity index (χ1n) is 11.1. The molecule has 3 heterocycles. The van der Waals surface area contributed by atoms with Gasteiger partial charge in [0.2, 0.25) is 5.91 Å². The van der Waals surface area contributed by atoms with Gasteiger partial charge in [-0.15, -0.1) is 13.2 Å². The van der Waals surface area contributed by atoms with E-state index in [1.54, 1.807) is 16.7 Å². The largest absolute Gasteiger partial charge is 0.573 e. The van der Waals surface area contributed by atoms with Gasteiger partial charge in [0, 0.05) is 57.4 Å². The number of nitrogens with one attached hydrogen (secondary N) is 1. The van der Waals surface area contributed by atoms with Gasteiger partial charge in [-0.25, -0.2) is 0 Å². The molecule has 1 aromatic heterocycles. The lowest BCUT2D eigenvalue weighted by molar-refractivity contribution is -0.274. The molecule has 0 aliphatic carbocycles. The van der Waals surface area contributed by atoms with Crippen molar-refractivity contribution >= 4 is 11.8 Å². The molecular weight excluding hydrogens is 469 g/mol. The third-order valence-corrected chi connectivity index (χ3v) is 6.01. The van der Waals surface area contributed by atoms with E-state index in [1.165, 1.54) is 30.2 Å². The van der Waals surface area contributed by atoms with E-state index in [2.05, 4.69) is 15.0 Å². The average molecular weight is 494 g/mol. The number of amides is 2. The van der Waals surface area contributed by atoms with Crippen LogP contribution in [0.2, 0.25) is 0 Å². The summed E-state index contributed by atoms with van der Waals surface area (Å²) in [6.07, 6.45) is -4.37. The number of ether oxygens (including phenoxy) is 2. The Morgan fingerprint density at radius 1 is 1.09 bits per heavy atom. The Kier molecular flexibility index (Phi) is 7.01. The van der Waals surface area contributed by atoms with Crippen LogP contribution in [0.1, 0.15) is 21.6 Å². The highest BCUT2D eigenvalue weighted by Gasteiger charge is 2.32. The van der Waals surface area contributed by atoms with E-state index in [9.17, 15) is 27.6 Å². The first kappa shape index (κ1) is 24.6. The van der Waals surface area contributed by atoms with E-state index in [0.717, 1.165) is 5.56 Å². The van der Waals surface area contributed by atoms with Gasteiger partial charge in [0.25, 0.3) is 11.5 Å². The van der Waals surface area contributed by atoms with E-state index < -0.39 is 6.36 Å². The van der Waals surface area contributed by atoms with Gasteiger partial charge in [-0.05, 0) is 17.7 Å². The predicted octanol–water partition coefficient (Wildman–Crippen LogP) is 1.39. The maximum Gasteiger partial charge on any atom is 0.573 e. The Labute approximate surface area is 199 Å². The maximum absolute atomic E-state index is 13.4. The lowest BCUT2D eigenvalue weighted by Crippen LogP contribution is -2.50. The number of fused-ring (bicyclic) bond motifs is 1.